The smallest absolute Gasteiger partial charge is 0.315 e. The van der Waals surface area contributed by atoms with Crippen LogP contribution in [0.3, 0.4) is 0 Å². The molecule has 47 heavy (non-hydrogen) atoms. The summed E-state index contributed by atoms with van der Waals surface area (Å²) in [6, 6.07) is 31.3. The van der Waals surface area contributed by atoms with Gasteiger partial charge in [-0.2, -0.15) is 0 Å². The third-order valence-electron chi connectivity index (χ3n) is 8.48. The number of nitrogens with zero attached hydrogens (tertiary/aromatic N) is 4. The standard InChI is InChI=1S/C40H40N4OS.Pt/c1-7-29-13-9-14-30(8-2)39(29)43-23-37(41-25-43)31-15-10-17-33(21-31)46(45)34-18-11-16-32(22-34)38-24-44(26-42-38)40-35(27(3)4)19-12-20-36(40)28(5)6;/h9-20,23-28H,7-8H2,1-6H3;/q-2;+2. The molecule has 0 spiro atoms. The molecule has 0 fully saturated rings. The van der Waals surface area contributed by atoms with E-state index in [4.69, 9.17) is 9.97 Å². The fourth-order valence-corrected chi connectivity index (χ4v) is 7.10. The first-order valence-electron chi connectivity index (χ1n) is 16.1. The van der Waals surface area contributed by atoms with Crippen LogP contribution in [-0.4, -0.2) is 23.3 Å². The first-order chi connectivity index (χ1) is 22.3. The summed E-state index contributed by atoms with van der Waals surface area (Å²) in [7, 11) is -1.48. The molecule has 242 valence electrons. The van der Waals surface area contributed by atoms with Crippen molar-refractivity contribution >= 4 is 10.8 Å². The fraction of sp³-hybridized carbons (Fsp3) is 0.250. The molecule has 0 radical (unpaired) electrons. The van der Waals surface area contributed by atoms with E-state index in [0.29, 0.717) is 21.6 Å². The van der Waals surface area contributed by atoms with Gasteiger partial charge in [-0.25, -0.2) is 0 Å². The van der Waals surface area contributed by atoms with E-state index in [1.807, 2.05) is 55.2 Å². The number of hydrogen-bond donors (Lipinski definition) is 0. The van der Waals surface area contributed by atoms with Crippen molar-refractivity contribution in [2.24, 2.45) is 0 Å². The Hall–Kier alpha value is -3.86. The molecule has 0 amide bonds. The largest absolute Gasteiger partial charge is 2.00 e. The molecule has 0 aliphatic rings. The van der Waals surface area contributed by atoms with E-state index in [0.717, 1.165) is 35.4 Å². The summed E-state index contributed by atoms with van der Waals surface area (Å²) in [6.07, 6.45) is 9.71. The van der Waals surface area contributed by atoms with Gasteiger partial charge in [-0.05, 0) is 69.1 Å². The minimum atomic E-state index is -1.48. The van der Waals surface area contributed by atoms with Crippen molar-refractivity contribution in [2.75, 3.05) is 0 Å². The minimum absolute atomic E-state index is 0. The number of benzene rings is 4. The number of imidazole rings is 2. The number of para-hydroxylation sites is 2. The Morgan fingerprint density at radius 3 is 1.51 bits per heavy atom. The quantitative estimate of drug-likeness (QED) is 0.130. The van der Waals surface area contributed by atoms with E-state index in [1.165, 1.54) is 33.6 Å². The van der Waals surface area contributed by atoms with Crippen molar-refractivity contribution in [3.8, 4) is 33.9 Å². The first-order valence-corrected chi connectivity index (χ1v) is 17.2. The average molecular weight is 820 g/mol. The number of aromatic nitrogens is 4. The van der Waals surface area contributed by atoms with Gasteiger partial charge in [0.15, 0.2) is 0 Å². The van der Waals surface area contributed by atoms with Gasteiger partial charge in [-0.3, -0.25) is 14.2 Å². The van der Waals surface area contributed by atoms with E-state index < -0.39 is 10.8 Å². The molecule has 1 atom stereocenters. The molecule has 1 unspecified atom stereocenters. The van der Waals surface area contributed by atoms with E-state index in [-0.39, 0.29) is 21.1 Å². The van der Waals surface area contributed by atoms with Crippen molar-refractivity contribution in [2.45, 2.75) is 76.0 Å². The van der Waals surface area contributed by atoms with E-state index >= 15 is 0 Å². The third-order valence-corrected chi connectivity index (χ3v) is 9.75. The number of hydrogen-bond acceptors (Lipinski definition) is 3. The molecule has 0 saturated carbocycles. The van der Waals surface area contributed by atoms with Crippen molar-refractivity contribution in [1.82, 2.24) is 19.1 Å². The monoisotopic (exact) mass is 819 g/mol. The Kier molecular flexibility index (Phi) is 10.9. The average Bonchev–Trinajstić information content (AvgIpc) is 3.78. The Labute approximate surface area is 295 Å². The molecule has 2 aromatic heterocycles. The molecular formula is C40H40N4OPtS. The van der Waals surface area contributed by atoms with Crippen molar-refractivity contribution < 1.29 is 25.3 Å². The zero-order valence-corrected chi connectivity index (χ0v) is 30.8. The molecule has 0 N–H and O–H groups in total. The van der Waals surface area contributed by atoms with Crippen LogP contribution in [0.4, 0.5) is 0 Å². The summed E-state index contributed by atoms with van der Waals surface area (Å²) in [5, 5.41) is 0. The van der Waals surface area contributed by atoms with E-state index in [9.17, 15) is 4.21 Å². The zero-order valence-electron chi connectivity index (χ0n) is 27.7. The Morgan fingerprint density at radius 2 is 1.06 bits per heavy atom. The Morgan fingerprint density at radius 1 is 0.638 bits per heavy atom. The molecule has 6 aromatic rings. The molecule has 7 heteroatoms. The summed E-state index contributed by atoms with van der Waals surface area (Å²) in [6.45, 7) is 13.2. The Bertz CT molecular complexity index is 1970. The molecule has 2 heterocycles. The van der Waals surface area contributed by atoms with Gasteiger partial charge in [-0.15, -0.1) is 59.7 Å². The van der Waals surface area contributed by atoms with Gasteiger partial charge in [0.1, 0.15) is 0 Å². The second-order valence-electron chi connectivity index (χ2n) is 12.2. The predicted octanol–water partition coefficient (Wildman–Crippen LogP) is 9.53. The number of aryl methyl sites for hydroxylation is 2. The summed E-state index contributed by atoms with van der Waals surface area (Å²) in [5.41, 5.74) is 10.7. The summed E-state index contributed by atoms with van der Waals surface area (Å²) in [5.74, 6) is 0.747. The van der Waals surface area contributed by atoms with Gasteiger partial charge in [0.25, 0.3) is 0 Å². The second kappa shape index (κ2) is 14.9. The topological polar surface area (TPSA) is 52.7 Å². The maximum atomic E-state index is 13.9. The van der Waals surface area contributed by atoms with Gasteiger partial charge in [0.2, 0.25) is 0 Å². The van der Waals surface area contributed by atoms with Crippen molar-refractivity contribution in [3.63, 3.8) is 0 Å². The van der Waals surface area contributed by atoms with Crippen LogP contribution in [-0.2, 0) is 44.7 Å². The van der Waals surface area contributed by atoms with Gasteiger partial charge in [0, 0.05) is 22.2 Å². The second-order valence-corrected chi connectivity index (χ2v) is 13.6. The van der Waals surface area contributed by atoms with E-state index in [2.05, 4.69) is 105 Å². The number of rotatable bonds is 10. The summed E-state index contributed by atoms with van der Waals surface area (Å²) >= 11 is 0. The van der Waals surface area contributed by atoms with Crippen LogP contribution < -0.4 is 0 Å². The molecule has 0 aliphatic carbocycles. The molecule has 0 saturated heterocycles. The van der Waals surface area contributed by atoms with Gasteiger partial charge < -0.3 is 9.13 Å². The molecule has 0 bridgehead atoms. The Balaban J connectivity index is 0.00000433. The molecular weight excluding hydrogens is 780 g/mol. The summed E-state index contributed by atoms with van der Waals surface area (Å²) in [4.78, 5) is 10.6. The van der Waals surface area contributed by atoms with Gasteiger partial charge in [0.05, 0.1) is 24.0 Å². The van der Waals surface area contributed by atoms with Crippen molar-refractivity contribution in [3.05, 3.63) is 132 Å². The predicted molar refractivity (Wildman–Crippen MR) is 187 cm³/mol. The van der Waals surface area contributed by atoms with Crippen LogP contribution >= 0.6 is 0 Å². The molecule has 5 nitrogen and oxygen atoms in total. The SMILES string of the molecule is CCc1cccc(CC)c1-n1cnc(-c2[c-]c(S(=O)c3[c-]c(-c4cn(-c5c(C(C)C)cccc5C(C)C)cn4)ccc3)ccc2)c1.[Pt+2]. The van der Waals surface area contributed by atoms with Crippen LogP contribution in [0.1, 0.15) is 75.6 Å². The fourth-order valence-electron chi connectivity index (χ4n) is 6.05. The maximum Gasteiger partial charge on any atom is 2.00 e. The molecule has 0 aliphatic heterocycles. The van der Waals surface area contributed by atoms with Crippen LogP contribution in [0.25, 0.3) is 33.9 Å². The molecule has 4 aromatic carbocycles. The van der Waals surface area contributed by atoms with Gasteiger partial charge >= 0.3 is 21.1 Å². The van der Waals surface area contributed by atoms with Crippen LogP contribution in [0.2, 0.25) is 0 Å². The van der Waals surface area contributed by atoms with Crippen molar-refractivity contribution in [1.29, 1.82) is 0 Å². The zero-order chi connectivity index (χ0) is 32.4. The summed E-state index contributed by atoms with van der Waals surface area (Å²) < 4.78 is 18.1. The first kappa shape index (κ1) is 34.5. The van der Waals surface area contributed by atoms with Crippen LogP contribution in [0.15, 0.2) is 108 Å². The molecule has 6 rings (SSSR count). The minimum Gasteiger partial charge on any atom is -0.315 e. The van der Waals surface area contributed by atoms with Crippen LogP contribution in [0, 0.1) is 12.1 Å². The maximum absolute atomic E-state index is 13.9. The van der Waals surface area contributed by atoms with E-state index in [1.54, 1.807) is 0 Å². The normalized spacial score (nSPS) is 12.0. The van der Waals surface area contributed by atoms with Crippen LogP contribution in [0.5, 0.6) is 0 Å². The third kappa shape index (κ3) is 7.05. The van der Waals surface area contributed by atoms with Gasteiger partial charge in [-0.1, -0.05) is 77.9 Å².